The van der Waals surface area contributed by atoms with Crippen molar-refractivity contribution in [1.29, 1.82) is 0 Å². The SMILES string of the molecule is Cc1ccc(C(N)=O)c(C(F)(F)F)c1. The van der Waals surface area contributed by atoms with Crippen LogP contribution in [0.25, 0.3) is 0 Å². The summed E-state index contributed by atoms with van der Waals surface area (Å²) in [7, 11) is 0. The minimum Gasteiger partial charge on any atom is -0.366 e. The Morgan fingerprint density at radius 1 is 1.36 bits per heavy atom. The van der Waals surface area contributed by atoms with E-state index in [1.165, 1.54) is 13.0 Å². The van der Waals surface area contributed by atoms with Crippen molar-refractivity contribution in [2.75, 3.05) is 0 Å². The van der Waals surface area contributed by atoms with Crippen molar-refractivity contribution in [2.45, 2.75) is 13.1 Å². The second-order valence-electron chi connectivity index (χ2n) is 2.91. The quantitative estimate of drug-likeness (QED) is 0.746. The summed E-state index contributed by atoms with van der Waals surface area (Å²) >= 11 is 0. The zero-order valence-electron chi connectivity index (χ0n) is 7.35. The van der Waals surface area contributed by atoms with Crippen LogP contribution in [0.1, 0.15) is 21.5 Å². The van der Waals surface area contributed by atoms with E-state index in [9.17, 15) is 18.0 Å². The Kier molecular flexibility index (Phi) is 2.51. The van der Waals surface area contributed by atoms with Crippen LogP contribution in [0.2, 0.25) is 0 Å². The molecule has 0 fully saturated rings. The number of primary amides is 1. The molecule has 0 aromatic heterocycles. The maximum Gasteiger partial charge on any atom is 0.417 e. The van der Waals surface area contributed by atoms with Crippen LogP contribution in [-0.4, -0.2) is 5.91 Å². The average molecular weight is 203 g/mol. The van der Waals surface area contributed by atoms with Gasteiger partial charge in [0.05, 0.1) is 11.1 Å². The fourth-order valence-corrected chi connectivity index (χ4v) is 1.11. The lowest BCUT2D eigenvalue weighted by Gasteiger charge is -2.10. The third-order valence-corrected chi connectivity index (χ3v) is 1.75. The summed E-state index contributed by atoms with van der Waals surface area (Å²) in [5.74, 6) is -1.07. The minimum atomic E-state index is -4.55. The number of nitrogens with two attached hydrogens (primary N) is 1. The van der Waals surface area contributed by atoms with Crippen molar-refractivity contribution >= 4 is 5.91 Å². The highest BCUT2D eigenvalue weighted by atomic mass is 19.4. The van der Waals surface area contributed by atoms with Crippen LogP contribution in [0.3, 0.4) is 0 Å². The van der Waals surface area contributed by atoms with E-state index in [2.05, 4.69) is 0 Å². The van der Waals surface area contributed by atoms with E-state index in [4.69, 9.17) is 5.73 Å². The van der Waals surface area contributed by atoms with Crippen molar-refractivity contribution in [3.8, 4) is 0 Å². The first-order valence-corrected chi connectivity index (χ1v) is 3.80. The molecule has 0 bridgehead atoms. The lowest BCUT2D eigenvalue weighted by Crippen LogP contribution is -2.18. The molecule has 2 nitrogen and oxygen atoms in total. The molecule has 2 N–H and O–H groups in total. The molecular formula is C9H8F3NO. The maximum atomic E-state index is 12.4. The second-order valence-corrected chi connectivity index (χ2v) is 2.91. The lowest BCUT2D eigenvalue weighted by atomic mass is 10.0. The summed E-state index contributed by atoms with van der Waals surface area (Å²) < 4.78 is 37.1. The van der Waals surface area contributed by atoms with E-state index in [0.717, 1.165) is 12.1 Å². The Morgan fingerprint density at radius 3 is 2.36 bits per heavy atom. The van der Waals surface area contributed by atoms with Crippen molar-refractivity contribution in [3.63, 3.8) is 0 Å². The van der Waals surface area contributed by atoms with Crippen LogP contribution in [0.4, 0.5) is 13.2 Å². The maximum absolute atomic E-state index is 12.4. The molecule has 1 amide bonds. The van der Waals surface area contributed by atoms with Crippen molar-refractivity contribution in [3.05, 3.63) is 34.9 Å². The number of rotatable bonds is 1. The summed E-state index contributed by atoms with van der Waals surface area (Å²) in [6.45, 7) is 1.51. The highest BCUT2D eigenvalue weighted by Crippen LogP contribution is 2.32. The molecule has 0 aliphatic carbocycles. The number of halogens is 3. The lowest BCUT2D eigenvalue weighted by molar-refractivity contribution is -0.137. The molecule has 0 atom stereocenters. The van der Waals surface area contributed by atoms with Gasteiger partial charge in [-0.25, -0.2) is 0 Å². The van der Waals surface area contributed by atoms with Crippen molar-refractivity contribution in [2.24, 2.45) is 5.73 Å². The Hall–Kier alpha value is -1.52. The molecule has 14 heavy (non-hydrogen) atoms. The number of carbonyl (C=O) groups excluding carboxylic acids is 1. The van der Waals surface area contributed by atoms with Gasteiger partial charge >= 0.3 is 6.18 Å². The molecule has 1 aromatic rings. The number of amides is 1. The van der Waals surface area contributed by atoms with Crippen LogP contribution in [-0.2, 0) is 6.18 Å². The molecule has 0 aliphatic heterocycles. The number of hydrogen-bond donors (Lipinski definition) is 1. The molecule has 1 aromatic carbocycles. The number of benzene rings is 1. The van der Waals surface area contributed by atoms with E-state index < -0.39 is 23.2 Å². The first kappa shape index (κ1) is 10.6. The first-order valence-electron chi connectivity index (χ1n) is 3.80. The molecule has 0 aliphatic rings. The van der Waals surface area contributed by atoms with Gasteiger partial charge in [-0.3, -0.25) is 4.79 Å². The Bertz CT molecular complexity index is 371. The molecule has 1 rings (SSSR count). The fraction of sp³-hybridized carbons (Fsp3) is 0.222. The van der Waals surface area contributed by atoms with Gasteiger partial charge in [0.2, 0.25) is 5.91 Å². The predicted molar refractivity (Wildman–Crippen MR) is 44.7 cm³/mol. The van der Waals surface area contributed by atoms with Gasteiger partial charge in [0, 0.05) is 0 Å². The normalized spacial score (nSPS) is 11.4. The Labute approximate surface area is 78.5 Å². The topological polar surface area (TPSA) is 43.1 Å². The summed E-state index contributed by atoms with van der Waals surface area (Å²) in [5, 5.41) is 0. The van der Waals surface area contributed by atoms with Crippen LogP contribution < -0.4 is 5.73 Å². The van der Waals surface area contributed by atoms with Crippen LogP contribution in [0.5, 0.6) is 0 Å². The Morgan fingerprint density at radius 2 is 1.93 bits per heavy atom. The van der Waals surface area contributed by atoms with Gasteiger partial charge in [-0.2, -0.15) is 13.2 Å². The van der Waals surface area contributed by atoms with E-state index in [1.807, 2.05) is 0 Å². The van der Waals surface area contributed by atoms with Gasteiger partial charge in [0.15, 0.2) is 0 Å². The highest BCUT2D eigenvalue weighted by molar-refractivity contribution is 5.94. The summed E-state index contributed by atoms with van der Waals surface area (Å²) in [6.07, 6.45) is -4.55. The smallest absolute Gasteiger partial charge is 0.366 e. The average Bonchev–Trinajstić information content (AvgIpc) is 2.01. The van der Waals surface area contributed by atoms with Gasteiger partial charge in [-0.05, 0) is 19.1 Å². The monoisotopic (exact) mass is 203 g/mol. The molecule has 0 radical (unpaired) electrons. The number of alkyl halides is 3. The van der Waals surface area contributed by atoms with Gasteiger partial charge in [-0.15, -0.1) is 0 Å². The van der Waals surface area contributed by atoms with E-state index >= 15 is 0 Å². The zero-order chi connectivity index (χ0) is 10.9. The predicted octanol–water partition coefficient (Wildman–Crippen LogP) is 2.11. The molecule has 0 spiro atoms. The van der Waals surface area contributed by atoms with Crippen LogP contribution >= 0.6 is 0 Å². The second kappa shape index (κ2) is 3.32. The summed E-state index contributed by atoms with van der Waals surface area (Å²) in [4.78, 5) is 10.7. The molecule has 0 unspecified atom stereocenters. The van der Waals surface area contributed by atoms with Gasteiger partial charge in [0.1, 0.15) is 0 Å². The largest absolute Gasteiger partial charge is 0.417 e. The Balaban J connectivity index is 3.38. The molecule has 76 valence electrons. The van der Waals surface area contributed by atoms with Gasteiger partial charge < -0.3 is 5.73 Å². The summed E-state index contributed by atoms with van der Waals surface area (Å²) in [6, 6.07) is 3.40. The summed E-state index contributed by atoms with van der Waals surface area (Å²) in [5.41, 5.74) is 3.78. The first-order chi connectivity index (χ1) is 6.32. The molecule has 0 saturated heterocycles. The fourth-order valence-electron chi connectivity index (χ4n) is 1.11. The van der Waals surface area contributed by atoms with Crippen molar-refractivity contribution in [1.82, 2.24) is 0 Å². The molecule has 0 heterocycles. The number of aryl methyl sites for hydroxylation is 1. The third kappa shape index (κ3) is 2.04. The number of hydrogen-bond acceptors (Lipinski definition) is 1. The number of carbonyl (C=O) groups is 1. The van der Waals surface area contributed by atoms with Crippen LogP contribution in [0.15, 0.2) is 18.2 Å². The van der Waals surface area contributed by atoms with E-state index in [0.29, 0.717) is 5.56 Å². The molecule has 0 saturated carbocycles. The standard InChI is InChI=1S/C9H8F3NO/c1-5-2-3-6(8(13)14)7(4-5)9(10,11)12/h2-4H,1H3,(H2,13,14). The van der Waals surface area contributed by atoms with Gasteiger partial charge in [-0.1, -0.05) is 11.6 Å². The van der Waals surface area contributed by atoms with Crippen molar-refractivity contribution < 1.29 is 18.0 Å². The minimum absolute atomic E-state index is 0.433. The molecule has 5 heteroatoms. The third-order valence-electron chi connectivity index (χ3n) is 1.75. The van der Waals surface area contributed by atoms with Gasteiger partial charge in [0.25, 0.3) is 0 Å². The zero-order valence-corrected chi connectivity index (χ0v) is 7.35. The van der Waals surface area contributed by atoms with Crippen LogP contribution in [0, 0.1) is 6.92 Å². The molecular weight excluding hydrogens is 195 g/mol. The van der Waals surface area contributed by atoms with E-state index in [1.54, 1.807) is 0 Å². The van der Waals surface area contributed by atoms with E-state index in [-0.39, 0.29) is 0 Å². The highest BCUT2D eigenvalue weighted by Gasteiger charge is 2.34.